The smallest absolute Gasteiger partial charge is 0.126 e. The molecule has 98 valence electrons. The molecule has 2 heteroatoms. The van der Waals surface area contributed by atoms with E-state index < -0.39 is 0 Å². The van der Waals surface area contributed by atoms with Crippen molar-refractivity contribution in [3.05, 3.63) is 29.3 Å². The van der Waals surface area contributed by atoms with Crippen LogP contribution in [0.1, 0.15) is 36.8 Å². The minimum Gasteiger partial charge on any atom is -0.493 e. The van der Waals surface area contributed by atoms with Crippen LogP contribution in [-0.4, -0.2) is 6.61 Å². The van der Waals surface area contributed by atoms with Gasteiger partial charge in [-0.25, -0.2) is 0 Å². The highest BCUT2D eigenvalue weighted by Crippen LogP contribution is 2.48. The first kappa shape index (κ1) is 12.3. The minimum atomic E-state index is 0.535. The maximum absolute atomic E-state index is 6.11. The number of para-hydroxylation sites is 1. The Bertz CT molecular complexity index is 429. The van der Waals surface area contributed by atoms with Crippen molar-refractivity contribution < 1.29 is 4.74 Å². The van der Waals surface area contributed by atoms with Gasteiger partial charge in [-0.2, -0.15) is 0 Å². The highest BCUT2D eigenvalue weighted by molar-refractivity contribution is 6.17. The lowest BCUT2D eigenvalue weighted by Crippen LogP contribution is -2.19. The molecule has 2 bridgehead atoms. The average Bonchev–Trinajstić information content (AvgIpc) is 2.99. The largest absolute Gasteiger partial charge is 0.493 e. The third-order valence-corrected chi connectivity index (χ3v) is 5.05. The molecule has 18 heavy (non-hydrogen) atoms. The fourth-order valence-corrected chi connectivity index (χ4v) is 4.01. The summed E-state index contributed by atoms with van der Waals surface area (Å²) in [6.45, 7) is 2.99. The molecule has 2 saturated carbocycles. The van der Waals surface area contributed by atoms with E-state index in [0.29, 0.717) is 5.88 Å². The first-order valence-electron chi connectivity index (χ1n) is 7.05. The molecule has 3 unspecified atom stereocenters. The van der Waals surface area contributed by atoms with Crippen molar-refractivity contribution in [3.63, 3.8) is 0 Å². The van der Waals surface area contributed by atoms with Crippen LogP contribution < -0.4 is 4.74 Å². The molecule has 0 spiro atoms. The molecule has 3 rings (SSSR count). The molecule has 0 heterocycles. The van der Waals surface area contributed by atoms with Crippen molar-refractivity contribution in [2.24, 2.45) is 17.8 Å². The highest BCUT2D eigenvalue weighted by atomic mass is 35.5. The third-order valence-electron chi connectivity index (χ3n) is 4.76. The Morgan fingerprint density at radius 2 is 2.17 bits per heavy atom. The van der Waals surface area contributed by atoms with Gasteiger partial charge in [-0.05, 0) is 49.5 Å². The molecular weight excluding hydrogens is 244 g/mol. The number of halogens is 1. The first-order chi connectivity index (χ1) is 8.78. The van der Waals surface area contributed by atoms with Crippen molar-refractivity contribution in [2.45, 2.75) is 38.5 Å². The molecule has 0 N–H and O–H groups in total. The van der Waals surface area contributed by atoms with E-state index in [2.05, 4.69) is 25.1 Å². The summed E-state index contributed by atoms with van der Waals surface area (Å²) in [4.78, 5) is 0. The van der Waals surface area contributed by atoms with Crippen LogP contribution in [0.2, 0.25) is 0 Å². The number of benzene rings is 1. The molecule has 2 fully saturated rings. The van der Waals surface area contributed by atoms with E-state index in [4.69, 9.17) is 16.3 Å². The number of hydrogen-bond acceptors (Lipinski definition) is 1. The van der Waals surface area contributed by atoms with Crippen molar-refractivity contribution in [2.75, 3.05) is 6.61 Å². The third kappa shape index (κ3) is 2.25. The molecule has 2 aliphatic carbocycles. The molecular formula is C16H21ClO. The number of alkyl halides is 1. The molecule has 1 aromatic rings. The first-order valence-corrected chi connectivity index (χ1v) is 7.58. The summed E-state index contributed by atoms with van der Waals surface area (Å²) in [5.41, 5.74) is 2.33. The van der Waals surface area contributed by atoms with Crippen LogP contribution in [0.4, 0.5) is 0 Å². The predicted octanol–water partition coefficient (Wildman–Crippen LogP) is 4.55. The molecule has 1 aromatic carbocycles. The predicted molar refractivity (Wildman–Crippen MR) is 75.2 cm³/mol. The van der Waals surface area contributed by atoms with Crippen molar-refractivity contribution in [1.29, 1.82) is 0 Å². The molecule has 0 aliphatic heterocycles. The molecule has 0 amide bonds. The summed E-state index contributed by atoms with van der Waals surface area (Å²) in [6, 6.07) is 6.22. The lowest BCUT2D eigenvalue weighted by Gasteiger charge is -2.23. The van der Waals surface area contributed by atoms with Gasteiger partial charge in [0.1, 0.15) is 5.75 Å². The van der Waals surface area contributed by atoms with Gasteiger partial charge < -0.3 is 4.74 Å². The van der Waals surface area contributed by atoms with Gasteiger partial charge in [-0.15, -0.1) is 11.6 Å². The lowest BCUT2D eigenvalue weighted by atomic mass is 9.89. The number of hydrogen-bond donors (Lipinski definition) is 0. The second-order valence-electron chi connectivity index (χ2n) is 5.94. The van der Waals surface area contributed by atoms with Crippen LogP contribution in [0.15, 0.2) is 18.2 Å². The maximum atomic E-state index is 6.11. The van der Waals surface area contributed by atoms with Gasteiger partial charge in [-0.3, -0.25) is 0 Å². The number of aryl methyl sites for hydroxylation is 1. The second kappa shape index (κ2) is 5.13. The van der Waals surface area contributed by atoms with E-state index in [-0.39, 0.29) is 0 Å². The van der Waals surface area contributed by atoms with Crippen LogP contribution in [0.3, 0.4) is 0 Å². The van der Waals surface area contributed by atoms with Gasteiger partial charge in [0, 0.05) is 5.56 Å². The van der Waals surface area contributed by atoms with Crippen molar-refractivity contribution in [1.82, 2.24) is 0 Å². The Morgan fingerprint density at radius 1 is 1.28 bits per heavy atom. The summed E-state index contributed by atoms with van der Waals surface area (Å²) < 4.78 is 6.11. The Kier molecular flexibility index (Phi) is 3.52. The van der Waals surface area contributed by atoms with Crippen LogP contribution in [-0.2, 0) is 5.88 Å². The maximum Gasteiger partial charge on any atom is 0.126 e. The quantitative estimate of drug-likeness (QED) is 0.725. The van der Waals surface area contributed by atoms with E-state index in [1.54, 1.807) is 0 Å². The number of rotatable bonds is 4. The van der Waals surface area contributed by atoms with E-state index in [1.165, 1.54) is 31.2 Å². The van der Waals surface area contributed by atoms with Crippen LogP contribution >= 0.6 is 11.6 Å². The summed E-state index contributed by atoms with van der Waals surface area (Å²) in [6.07, 6.45) is 5.71. The van der Waals surface area contributed by atoms with Gasteiger partial charge in [0.15, 0.2) is 0 Å². The SMILES string of the molecule is Cc1cccc(CCl)c1OCC1CC2CCC1C2. The molecule has 3 atom stereocenters. The van der Waals surface area contributed by atoms with E-state index >= 15 is 0 Å². The second-order valence-corrected chi connectivity index (χ2v) is 6.21. The normalized spacial score (nSPS) is 29.8. The fraction of sp³-hybridized carbons (Fsp3) is 0.625. The molecule has 1 nitrogen and oxygen atoms in total. The standard InChI is InChI=1S/C16H21ClO/c1-11-3-2-4-14(9-17)16(11)18-10-15-8-12-5-6-13(15)7-12/h2-4,12-13,15H,5-10H2,1H3. The Balaban J connectivity index is 1.66. The zero-order valence-electron chi connectivity index (χ0n) is 11.0. The van der Waals surface area contributed by atoms with Gasteiger partial charge in [0.25, 0.3) is 0 Å². The van der Waals surface area contributed by atoms with Crippen molar-refractivity contribution >= 4 is 11.6 Å². The van der Waals surface area contributed by atoms with Crippen LogP contribution in [0, 0.1) is 24.7 Å². The summed E-state index contributed by atoms with van der Waals surface area (Å²) in [5, 5.41) is 0. The highest BCUT2D eigenvalue weighted by Gasteiger charge is 2.39. The van der Waals surface area contributed by atoms with Crippen molar-refractivity contribution in [3.8, 4) is 5.75 Å². The minimum absolute atomic E-state index is 0.535. The average molecular weight is 265 g/mol. The molecule has 2 aliphatic rings. The van der Waals surface area contributed by atoms with Gasteiger partial charge in [0.05, 0.1) is 12.5 Å². The zero-order valence-corrected chi connectivity index (χ0v) is 11.7. The zero-order chi connectivity index (χ0) is 12.5. The summed E-state index contributed by atoms with van der Waals surface area (Å²) >= 11 is 5.98. The summed E-state index contributed by atoms with van der Waals surface area (Å²) in [7, 11) is 0. The monoisotopic (exact) mass is 264 g/mol. The molecule has 0 saturated heterocycles. The van der Waals surface area contributed by atoms with Gasteiger partial charge >= 0.3 is 0 Å². The fourth-order valence-electron chi connectivity index (χ4n) is 3.80. The Morgan fingerprint density at radius 3 is 2.83 bits per heavy atom. The lowest BCUT2D eigenvalue weighted by molar-refractivity contribution is 0.193. The molecule has 0 radical (unpaired) electrons. The molecule has 0 aromatic heterocycles. The Hall–Kier alpha value is -0.690. The van der Waals surface area contributed by atoms with Gasteiger partial charge in [0.2, 0.25) is 0 Å². The van der Waals surface area contributed by atoms with Crippen LogP contribution in [0.5, 0.6) is 5.75 Å². The van der Waals surface area contributed by atoms with Crippen LogP contribution in [0.25, 0.3) is 0 Å². The number of fused-ring (bicyclic) bond motifs is 2. The van der Waals surface area contributed by atoms with Gasteiger partial charge in [-0.1, -0.05) is 24.6 Å². The van der Waals surface area contributed by atoms with E-state index in [1.807, 2.05) is 0 Å². The summed E-state index contributed by atoms with van der Waals surface area (Å²) in [5.74, 6) is 4.27. The Labute approximate surface area is 114 Å². The van der Waals surface area contributed by atoms with E-state index in [0.717, 1.165) is 35.7 Å². The number of ether oxygens (including phenoxy) is 1. The van der Waals surface area contributed by atoms with E-state index in [9.17, 15) is 0 Å². The topological polar surface area (TPSA) is 9.23 Å².